The number of piperazine rings is 1. The quantitative estimate of drug-likeness (QED) is 0.744. The average Bonchev–Trinajstić information content (AvgIpc) is 2.82. The van der Waals surface area contributed by atoms with E-state index in [0.29, 0.717) is 57.7 Å². The van der Waals surface area contributed by atoms with Crippen molar-refractivity contribution in [3.8, 4) is 11.1 Å². The standard InChI is InChI=1S/C25H30F2N2O3/c26-22-6-5-19(17-23(22)27)21-4-2-1-3-20(21)18-25(7-15-32-16-8-25)24(31)29-11-9-28(10-12-29)13-14-30/h1-6,17,30H,7-16,18H2. The fourth-order valence-corrected chi connectivity index (χ4v) is 4.86. The molecule has 0 saturated carbocycles. The van der Waals surface area contributed by atoms with Gasteiger partial charge in [-0.3, -0.25) is 9.69 Å². The van der Waals surface area contributed by atoms with E-state index in [9.17, 15) is 18.7 Å². The molecule has 172 valence electrons. The van der Waals surface area contributed by atoms with Crippen LogP contribution in [-0.4, -0.2) is 73.4 Å². The van der Waals surface area contributed by atoms with E-state index in [-0.39, 0.29) is 12.5 Å². The number of aliphatic hydroxyl groups excluding tert-OH is 1. The number of carbonyl (C=O) groups excluding carboxylic acids is 1. The van der Waals surface area contributed by atoms with Crippen LogP contribution in [0.3, 0.4) is 0 Å². The van der Waals surface area contributed by atoms with E-state index in [1.165, 1.54) is 6.07 Å². The molecule has 2 fully saturated rings. The number of benzene rings is 2. The third kappa shape index (κ3) is 4.85. The molecular weight excluding hydrogens is 414 g/mol. The lowest BCUT2D eigenvalue weighted by molar-refractivity contribution is -0.149. The monoisotopic (exact) mass is 444 g/mol. The molecule has 2 saturated heterocycles. The molecule has 0 aliphatic carbocycles. The number of carbonyl (C=O) groups is 1. The maximum absolute atomic E-state index is 13.9. The van der Waals surface area contributed by atoms with Crippen LogP contribution < -0.4 is 0 Å². The van der Waals surface area contributed by atoms with Gasteiger partial charge in [-0.1, -0.05) is 30.3 Å². The van der Waals surface area contributed by atoms with Crippen molar-refractivity contribution in [1.82, 2.24) is 9.80 Å². The minimum absolute atomic E-state index is 0.121. The van der Waals surface area contributed by atoms with Gasteiger partial charge in [-0.2, -0.15) is 0 Å². The Labute approximate surface area is 187 Å². The first-order valence-electron chi connectivity index (χ1n) is 11.3. The highest BCUT2D eigenvalue weighted by atomic mass is 19.2. The molecule has 2 aromatic rings. The van der Waals surface area contributed by atoms with Gasteiger partial charge in [0.25, 0.3) is 0 Å². The summed E-state index contributed by atoms with van der Waals surface area (Å²) < 4.78 is 33.0. The molecule has 1 amide bonds. The van der Waals surface area contributed by atoms with Crippen LogP contribution in [0.1, 0.15) is 18.4 Å². The predicted molar refractivity (Wildman–Crippen MR) is 118 cm³/mol. The number of ether oxygens (including phenoxy) is 1. The summed E-state index contributed by atoms with van der Waals surface area (Å²) in [5, 5.41) is 9.17. The maximum Gasteiger partial charge on any atom is 0.229 e. The topological polar surface area (TPSA) is 53.0 Å². The van der Waals surface area contributed by atoms with Crippen molar-refractivity contribution < 1.29 is 23.4 Å². The van der Waals surface area contributed by atoms with Gasteiger partial charge in [0.15, 0.2) is 11.6 Å². The van der Waals surface area contributed by atoms with E-state index in [1.807, 2.05) is 29.2 Å². The number of hydrogen-bond donors (Lipinski definition) is 1. The number of halogens is 2. The van der Waals surface area contributed by atoms with Crippen molar-refractivity contribution in [3.63, 3.8) is 0 Å². The summed E-state index contributed by atoms with van der Waals surface area (Å²) in [6.45, 7) is 4.61. The molecule has 0 radical (unpaired) electrons. The number of amides is 1. The maximum atomic E-state index is 13.9. The molecule has 1 N–H and O–H groups in total. The average molecular weight is 445 g/mol. The van der Waals surface area contributed by atoms with Crippen molar-refractivity contribution in [3.05, 3.63) is 59.7 Å². The number of nitrogens with zero attached hydrogens (tertiary/aromatic N) is 2. The van der Waals surface area contributed by atoms with Crippen LogP contribution in [0.15, 0.2) is 42.5 Å². The predicted octanol–water partition coefficient (Wildman–Crippen LogP) is 3.11. The second-order valence-corrected chi connectivity index (χ2v) is 8.71. The van der Waals surface area contributed by atoms with Crippen molar-refractivity contribution in [2.75, 3.05) is 52.5 Å². The molecule has 32 heavy (non-hydrogen) atoms. The van der Waals surface area contributed by atoms with Crippen molar-refractivity contribution in [2.45, 2.75) is 19.3 Å². The van der Waals surface area contributed by atoms with Gasteiger partial charge in [0.2, 0.25) is 5.91 Å². The van der Waals surface area contributed by atoms with E-state index < -0.39 is 17.0 Å². The third-order valence-electron chi connectivity index (χ3n) is 6.76. The highest BCUT2D eigenvalue weighted by Gasteiger charge is 2.43. The molecule has 2 aliphatic rings. The van der Waals surface area contributed by atoms with Gasteiger partial charge in [0, 0.05) is 45.9 Å². The Bertz CT molecular complexity index is 939. The van der Waals surface area contributed by atoms with Crippen LogP contribution in [0.4, 0.5) is 8.78 Å². The molecular formula is C25H30F2N2O3. The molecule has 0 spiro atoms. The Kier molecular flexibility index (Phi) is 7.18. The van der Waals surface area contributed by atoms with Crippen LogP contribution in [0, 0.1) is 17.0 Å². The molecule has 2 aliphatic heterocycles. The van der Waals surface area contributed by atoms with E-state index in [1.54, 1.807) is 6.07 Å². The molecule has 2 aromatic carbocycles. The number of hydrogen-bond acceptors (Lipinski definition) is 4. The molecule has 0 aromatic heterocycles. The van der Waals surface area contributed by atoms with E-state index >= 15 is 0 Å². The molecule has 0 unspecified atom stereocenters. The van der Waals surface area contributed by atoms with Crippen molar-refractivity contribution in [2.24, 2.45) is 5.41 Å². The second-order valence-electron chi connectivity index (χ2n) is 8.71. The van der Waals surface area contributed by atoms with Gasteiger partial charge in [-0.05, 0) is 48.1 Å². The van der Waals surface area contributed by atoms with Crippen molar-refractivity contribution >= 4 is 5.91 Å². The highest BCUT2D eigenvalue weighted by Crippen LogP contribution is 2.39. The van der Waals surface area contributed by atoms with Gasteiger partial charge in [0.1, 0.15) is 0 Å². The van der Waals surface area contributed by atoms with E-state index in [2.05, 4.69) is 4.90 Å². The number of aliphatic hydroxyl groups is 1. The molecule has 0 bridgehead atoms. The van der Waals surface area contributed by atoms with Gasteiger partial charge >= 0.3 is 0 Å². The summed E-state index contributed by atoms with van der Waals surface area (Å²) in [7, 11) is 0. The van der Waals surface area contributed by atoms with Gasteiger partial charge in [0.05, 0.1) is 12.0 Å². The van der Waals surface area contributed by atoms with Gasteiger partial charge in [-0.25, -0.2) is 8.78 Å². The van der Waals surface area contributed by atoms with Crippen LogP contribution in [0.5, 0.6) is 0 Å². The Balaban J connectivity index is 1.60. The Morgan fingerprint density at radius 2 is 1.72 bits per heavy atom. The van der Waals surface area contributed by atoms with Crippen LogP contribution in [-0.2, 0) is 16.0 Å². The fraction of sp³-hybridized carbons (Fsp3) is 0.480. The van der Waals surface area contributed by atoms with Gasteiger partial charge in [-0.15, -0.1) is 0 Å². The summed E-state index contributed by atoms with van der Waals surface area (Å²) in [6.07, 6.45) is 1.80. The van der Waals surface area contributed by atoms with Gasteiger partial charge < -0.3 is 14.7 Å². The summed E-state index contributed by atoms with van der Waals surface area (Å²) in [6, 6.07) is 11.6. The number of rotatable bonds is 6. The third-order valence-corrected chi connectivity index (χ3v) is 6.76. The van der Waals surface area contributed by atoms with Crippen LogP contribution in [0.25, 0.3) is 11.1 Å². The largest absolute Gasteiger partial charge is 0.395 e. The molecule has 7 heteroatoms. The minimum atomic E-state index is -0.880. The smallest absolute Gasteiger partial charge is 0.229 e. The van der Waals surface area contributed by atoms with E-state index in [0.717, 1.165) is 30.3 Å². The van der Waals surface area contributed by atoms with Crippen molar-refractivity contribution in [1.29, 1.82) is 0 Å². The van der Waals surface area contributed by atoms with Crippen LogP contribution >= 0.6 is 0 Å². The Morgan fingerprint density at radius 3 is 2.41 bits per heavy atom. The number of β-amino-alcohol motifs (C(OH)–C–C–N with tert-alkyl or cyclic N) is 1. The minimum Gasteiger partial charge on any atom is -0.395 e. The SMILES string of the molecule is O=C(N1CCN(CCO)CC1)C1(Cc2ccccc2-c2ccc(F)c(F)c2)CCOCC1. The zero-order chi connectivity index (χ0) is 22.6. The van der Waals surface area contributed by atoms with E-state index in [4.69, 9.17) is 4.74 Å². The Morgan fingerprint density at radius 1 is 1.00 bits per heavy atom. The lowest BCUT2D eigenvalue weighted by Gasteiger charge is -2.43. The molecule has 2 heterocycles. The first kappa shape index (κ1) is 22.8. The normalized spacial score (nSPS) is 19.2. The second kappa shape index (κ2) is 10.1. The fourth-order valence-electron chi connectivity index (χ4n) is 4.86. The molecule has 0 atom stereocenters. The first-order valence-corrected chi connectivity index (χ1v) is 11.3. The summed E-state index contributed by atoms with van der Waals surface area (Å²) in [4.78, 5) is 17.9. The summed E-state index contributed by atoms with van der Waals surface area (Å²) in [5.41, 5.74) is 1.80. The lowest BCUT2D eigenvalue weighted by Crippen LogP contribution is -2.55. The highest BCUT2D eigenvalue weighted by molar-refractivity contribution is 5.84. The molecule has 4 rings (SSSR count). The zero-order valence-corrected chi connectivity index (χ0v) is 18.2. The molecule has 5 nitrogen and oxygen atoms in total. The Hall–Kier alpha value is -2.35. The summed E-state index contributed by atoms with van der Waals surface area (Å²) >= 11 is 0. The lowest BCUT2D eigenvalue weighted by atomic mass is 9.72. The summed E-state index contributed by atoms with van der Waals surface area (Å²) in [5.74, 6) is -1.61. The zero-order valence-electron chi connectivity index (χ0n) is 18.2. The van der Waals surface area contributed by atoms with Crippen LogP contribution in [0.2, 0.25) is 0 Å². The first-order chi connectivity index (χ1) is 15.5.